The van der Waals surface area contributed by atoms with E-state index in [4.69, 9.17) is 9.98 Å². The van der Waals surface area contributed by atoms with Gasteiger partial charge in [0, 0.05) is 31.0 Å². The van der Waals surface area contributed by atoms with Gasteiger partial charge in [-0.3, -0.25) is 0 Å². The van der Waals surface area contributed by atoms with E-state index in [1.807, 2.05) is 6.34 Å². The molecule has 32 heavy (non-hydrogen) atoms. The van der Waals surface area contributed by atoms with Crippen LogP contribution < -0.4 is 0 Å². The zero-order chi connectivity index (χ0) is 22.7. The minimum atomic E-state index is 0.427. The van der Waals surface area contributed by atoms with Crippen molar-refractivity contribution in [3.63, 3.8) is 0 Å². The molecule has 0 amide bonds. The van der Waals surface area contributed by atoms with E-state index in [0.29, 0.717) is 5.92 Å². The van der Waals surface area contributed by atoms with Crippen LogP contribution in [0.15, 0.2) is 40.7 Å². The summed E-state index contributed by atoms with van der Waals surface area (Å²) in [5.41, 5.74) is 10.4. The quantitative estimate of drug-likeness (QED) is 0.281. The molecule has 4 heteroatoms. The first-order valence-electron chi connectivity index (χ1n) is 11.9. The van der Waals surface area contributed by atoms with Gasteiger partial charge in [0.25, 0.3) is 0 Å². The molecule has 168 valence electrons. The Morgan fingerprint density at radius 3 is 2.66 bits per heavy atom. The molecule has 0 spiro atoms. The Balaban J connectivity index is 1.57. The number of hydrogen-bond acceptors (Lipinski definition) is 3. The van der Waals surface area contributed by atoms with Crippen LogP contribution in [0, 0.1) is 6.92 Å². The van der Waals surface area contributed by atoms with Crippen LogP contribution in [0.2, 0.25) is 0 Å². The van der Waals surface area contributed by atoms with Crippen molar-refractivity contribution >= 4 is 23.4 Å². The van der Waals surface area contributed by atoms with Crippen molar-refractivity contribution in [1.29, 1.82) is 0 Å². The Morgan fingerprint density at radius 2 is 1.91 bits per heavy atom. The Kier molecular flexibility index (Phi) is 7.10. The molecule has 0 N–H and O–H groups in total. The minimum Gasteiger partial charge on any atom is -0.366 e. The van der Waals surface area contributed by atoms with Gasteiger partial charge >= 0.3 is 0 Å². The summed E-state index contributed by atoms with van der Waals surface area (Å²) in [4.78, 5) is 11.9. The van der Waals surface area contributed by atoms with Crippen LogP contribution in [-0.4, -0.2) is 29.8 Å². The third-order valence-corrected chi connectivity index (χ3v) is 7.39. The maximum atomic E-state index is 5.02. The molecule has 0 radical (unpaired) electrons. The van der Waals surface area contributed by atoms with Crippen LogP contribution in [0.3, 0.4) is 0 Å². The monoisotopic (exact) mass is 445 g/mol. The molecule has 3 aromatic rings. The summed E-state index contributed by atoms with van der Waals surface area (Å²) < 4.78 is 0. The lowest BCUT2D eigenvalue weighted by molar-refractivity contribution is 0.552. The molecule has 0 saturated carbocycles. The first-order valence-corrected chi connectivity index (χ1v) is 12.8. The van der Waals surface area contributed by atoms with E-state index in [-0.39, 0.29) is 0 Å². The van der Waals surface area contributed by atoms with Crippen LogP contribution in [0.25, 0.3) is 11.3 Å². The van der Waals surface area contributed by atoms with E-state index in [0.717, 1.165) is 24.3 Å². The highest BCUT2D eigenvalue weighted by atomic mass is 32.1. The Hall–Kier alpha value is -2.46. The molecule has 2 aromatic carbocycles. The highest BCUT2D eigenvalue weighted by Gasteiger charge is 2.14. The molecule has 0 saturated heterocycles. The van der Waals surface area contributed by atoms with Crippen LogP contribution in [0.4, 0.5) is 5.69 Å². The van der Waals surface area contributed by atoms with Crippen LogP contribution in [-0.2, 0) is 19.3 Å². The zero-order valence-corrected chi connectivity index (χ0v) is 20.9. The molecule has 0 aliphatic heterocycles. The van der Waals surface area contributed by atoms with Gasteiger partial charge in [-0.25, -0.2) is 9.98 Å². The fourth-order valence-electron chi connectivity index (χ4n) is 4.34. The van der Waals surface area contributed by atoms with Crippen molar-refractivity contribution in [3.05, 3.63) is 68.5 Å². The smallest absolute Gasteiger partial charge is 0.0976 e. The van der Waals surface area contributed by atoms with Crippen LogP contribution in [0.5, 0.6) is 0 Å². The van der Waals surface area contributed by atoms with Gasteiger partial charge in [0.2, 0.25) is 0 Å². The van der Waals surface area contributed by atoms with Gasteiger partial charge in [0.15, 0.2) is 0 Å². The van der Waals surface area contributed by atoms with Crippen molar-refractivity contribution in [1.82, 2.24) is 9.88 Å². The Morgan fingerprint density at radius 1 is 1.12 bits per heavy atom. The molecule has 0 fully saturated rings. The predicted molar refractivity (Wildman–Crippen MR) is 139 cm³/mol. The largest absolute Gasteiger partial charge is 0.366 e. The number of nitrogens with zero attached hydrogens (tertiary/aromatic N) is 3. The Labute approximate surface area is 197 Å². The average Bonchev–Trinajstić information content (AvgIpc) is 3.27. The second kappa shape index (κ2) is 9.99. The van der Waals surface area contributed by atoms with Crippen molar-refractivity contribution in [3.8, 4) is 11.3 Å². The number of rotatable bonds is 7. The molecule has 0 bridgehead atoms. The molecule has 1 aromatic heterocycles. The van der Waals surface area contributed by atoms with Crippen LogP contribution in [0.1, 0.15) is 72.4 Å². The van der Waals surface area contributed by atoms with Gasteiger partial charge in [0.05, 0.1) is 22.7 Å². The molecule has 4 rings (SSSR count). The highest BCUT2D eigenvalue weighted by Crippen LogP contribution is 2.33. The SMILES string of the molecule is CCN(C)C=Nc1cc(C)c(Cc2nc(-c3ccc4c(c3)CCCC4)cs2)cc1C(C)C. The maximum absolute atomic E-state index is 5.02. The molecular weight excluding hydrogens is 410 g/mol. The van der Waals surface area contributed by atoms with Gasteiger partial charge < -0.3 is 4.90 Å². The second-order valence-electron chi connectivity index (χ2n) is 9.30. The topological polar surface area (TPSA) is 28.5 Å². The fraction of sp³-hybridized carbons (Fsp3) is 0.429. The standard InChI is InChI=1S/C28H35N3S/c1-6-31(5)18-29-26-13-20(4)24(15-25(26)19(2)3)16-28-30-27(17-32-28)23-12-11-21-9-7-8-10-22(21)14-23/h11-15,17-19H,6-10,16H2,1-5H3. The number of aromatic nitrogens is 1. The van der Waals surface area contributed by atoms with Crippen molar-refractivity contribution in [2.45, 2.75) is 65.7 Å². The van der Waals surface area contributed by atoms with Gasteiger partial charge in [-0.2, -0.15) is 0 Å². The van der Waals surface area contributed by atoms with Crippen molar-refractivity contribution < 1.29 is 0 Å². The molecular formula is C28H35N3S. The lowest BCUT2D eigenvalue weighted by Gasteiger charge is -2.16. The number of aryl methyl sites for hydroxylation is 3. The Bertz CT molecular complexity index is 1110. The van der Waals surface area contributed by atoms with Gasteiger partial charge in [0.1, 0.15) is 0 Å². The number of aliphatic imine (C=N–C) groups is 1. The number of thiazole rings is 1. The van der Waals surface area contributed by atoms with E-state index in [9.17, 15) is 0 Å². The molecule has 3 nitrogen and oxygen atoms in total. The fourth-order valence-corrected chi connectivity index (χ4v) is 5.17. The first kappa shape index (κ1) is 22.7. The highest BCUT2D eigenvalue weighted by molar-refractivity contribution is 7.10. The number of hydrogen-bond donors (Lipinski definition) is 0. The molecule has 1 heterocycles. The third-order valence-electron chi connectivity index (χ3n) is 6.54. The predicted octanol–water partition coefficient (Wildman–Crippen LogP) is 7.32. The number of fused-ring (bicyclic) bond motifs is 1. The van der Waals surface area contributed by atoms with E-state index in [1.165, 1.54) is 64.1 Å². The minimum absolute atomic E-state index is 0.427. The zero-order valence-electron chi connectivity index (χ0n) is 20.1. The molecule has 1 aliphatic rings. The van der Waals surface area contributed by atoms with E-state index >= 15 is 0 Å². The summed E-state index contributed by atoms with van der Waals surface area (Å²) in [5.74, 6) is 0.427. The summed E-state index contributed by atoms with van der Waals surface area (Å²) in [5, 5.41) is 3.40. The van der Waals surface area contributed by atoms with Crippen molar-refractivity contribution in [2.24, 2.45) is 4.99 Å². The average molecular weight is 446 g/mol. The van der Waals surface area contributed by atoms with E-state index < -0.39 is 0 Å². The van der Waals surface area contributed by atoms with Gasteiger partial charge in [-0.05, 0) is 85.4 Å². The first-order chi connectivity index (χ1) is 15.4. The summed E-state index contributed by atoms with van der Waals surface area (Å²) in [7, 11) is 2.06. The summed E-state index contributed by atoms with van der Waals surface area (Å²) in [6.07, 6.45) is 7.88. The van der Waals surface area contributed by atoms with E-state index in [2.05, 4.69) is 75.4 Å². The number of benzene rings is 2. The lowest BCUT2D eigenvalue weighted by atomic mass is 9.90. The van der Waals surface area contributed by atoms with Crippen LogP contribution >= 0.6 is 11.3 Å². The molecule has 0 atom stereocenters. The normalized spacial score (nSPS) is 13.7. The molecule has 1 aliphatic carbocycles. The second-order valence-corrected chi connectivity index (χ2v) is 10.2. The van der Waals surface area contributed by atoms with Crippen molar-refractivity contribution in [2.75, 3.05) is 13.6 Å². The van der Waals surface area contributed by atoms with Gasteiger partial charge in [-0.15, -0.1) is 11.3 Å². The summed E-state index contributed by atoms with van der Waals surface area (Å²) in [6, 6.07) is 11.5. The van der Waals surface area contributed by atoms with E-state index in [1.54, 1.807) is 11.3 Å². The summed E-state index contributed by atoms with van der Waals surface area (Å²) >= 11 is 1.77. The maximum Gasteiger partial charge on any atom is 0.0976 e. The van der Waals surface area contributed by atoms with Gasteiger partial charge in [-0.1, -0.05) is 32.0 Å². The lowest BCUT2D eigenvalue weighted by Crippen LogP contribution is -2.14. The summed E-state index contributed by atoms with van der Waals surface area (Å²) in [6.45, 7) is 9.77. The third kappa shape index (κ3) is 5.12. The molecule has 0 unspecified atom stereocenters.